The van der Waals surface area contributed by atoms with E-state index in [1.54, 1.807) is 7.11 Å². The van der Waals surface area contributed by atoms with Gasteiger partial charge in [0.2, 0.25) is 11.8 Å². The minimum Gasteiger partial charge on any atom is -0.496 e. The second-order valence-electron chi connectivity index (χ2n) is 4.74. The number of carbonyl (C=O) groups excluding carboxylic acids is 2. The molecule has 2 unspecified atom stereocenters. The van der Waals surface area contributed by atoms with Crippen LogP contribution in [0.5, 0.6) is 5.75 Å². The maximum atomic E-state index is 11.6. The highest BCUT2D eigenvalue weighted by atomic mass is 16.5. The van der Waals surface area contributed by atoms with E-state index in [0.717, 1.165) is 16.9 Å². The molecule has 0 bridgehead atoms. The second kappa shape index (κ2) is 4.80. The molecule has 1 saturated heterocycles. The van der Waals surface area contributed by atoms with Crippen molar-refractivity contribution in [2.75, 3.05) is 7.11 Å². The Morgan fingerprint density at radius 3 is 2.67 bits per heavy atom. The maximum absolute atomic E-state index is 11.6. The highest BCUT2D eigenvalue weighted by Crippen LogP contribution is 2.33. The average molecular weight is 247 g/mol. The lowest BCUT2D eigenvalue weighted by atomic mass is 9.81. The van der Waals surface area contributed by atoms with Crippen LogP contribution in [-0.2, 0) is 9.59 Å². The van der Waals surface area contributed by atoms with Crippen LogP contribution in [0, 0.1) is 12.8 Å². The van der Waals surface area contributed by atoms with Gasteiger partial charge in [-0.3, -0.25) is 14.9 Å². The van der Waals surface area contributed by atoms with Gasteiger partial charge in [-0.2, -0.15) is 0 Å². The third kappa shape index (κ3) is 2.23. The highest BCUT2D eigenvalue weighted by Gasteiger charge is 2.33. The van der Waals surface area contributed by atoms with Crippen LogP contribution in [0.3, 0.4) is 0 Å². The standard InChI is InChI=1S/C14H17NO3/c1-8-6-10(4-5-12(8)18-3)11-7-13(16)15-14(17)9(11)2/h4-6,9,11H,7H2,1-3H3,(H,15,16,17). The SMILES string of the molecule is COc1ccc(C2CC(=O)NC(=O)C2C)cc1C. The van der Waals surface area contributed by atoms with Crippen molar-refractivity contribution < 1.29 is 14.3 Å². The first-order valence-corrected chi connectivity index (χ1v) is 6.01. The Morgan fingerprint density at radius 1 is 1.33 bits per heavy atom. The van der Waals surface area contributed by atoms with E-state index in [4.69, 9.17) is 4.74 Å². The van der Waals surface area contributed by atoms with Gasteiger partial charge >= 0.3 is 0 Å². The number of carbonyl (C=O) groups is 2. The summed E-state index contributed by atoms with van der Waals surface area (Å²) in [4.78, 5) is 23.1. The van der Waals surface area contributed by atoms with E-state index in [0.29, 0.717) is 6.42 Å². The fourth-order valence-corrected chi connectivity index (χ4v) is 2.40. The van der Waals surface area contributed by atoms with Gasteiger partial charge in [0, 0.05) is 18.3 Å². The van der Waals surface area contributed by atoms with Gasteiger partial charge in [0.25, 0.3) is 0 Å². The third-order valence-electron chi connectivity index (χ3n) is 3.53. The first-order chi connectivity index (χ1) is 8.52. The number of ether oxygens (including phenoxy) is 1. The van der Waals surface area contributed by atoms with Crippen LogP contribution in [0.2, 0.25) is 0 Å². The fraction of sp³-hybridized carbons (Fsp3) is 0.429. The van der Waals surface area contributed by atoms with Crippen molar-refractivity contribution in [3.8, 4) is 5.75 Å². The minimum atomic E-state index is -0.198. The molecule has 0 spiro atoms. The number of hydrogen-bond donors (Lipinski definition) is 1. The fourth-order valence-electron chi connectivity index (χ4n) is 2.40. The van der Waals surface area contributed by atoms with Gasteiger partial charge in [0.1, 0.15) is 5.75 Å². The molecule has 4 nitrogen and oxygen atoms in total. The van der Waals surface area contributed by atoms with E-state index in [9.17, 15) is 9.59 Å². The van der Waals surface area contributed by atoms with Crippen molar-refractivity contribution in [1.82, 2.24) is 5.32 Å². The molecule has 0 radical (unpaired) electrons. The van der Waals surface area contributed by atoms with Crippen LogP contribution in [0.4, 0.5) is 0 Å². The van der Waals surface area contributed by atoms with Gasteiger partial charge in [0.15, 0.2) is 0 Å². The third-order valence-corrected chi connectivity index (χ3v) is 3.53. The molecule has 2 amide bonds. The van der Waals surface area contributed by atoms with Gasteiger partial charge in [0.05, 0.1) is 7.11 Å². The summed E-state index contributed by atoms with van der Waals surface area (Å²) >= 11 is 0. The summed E-state index contributed by atoms with van der Waals surface area (Å²) in [5, 5.41) is 2.36. The molecule has 18 heavy (non-hydrogen) atoms. The topological polar surface area (TPSA) is 55.4 Å². The number of benzene rings is 1. The number of hydrogen-bond acceptors (Lipinski definition) is 3. The zero-order valence-corrected chi connectivity index (χ0v) is 10.8. The van der Waals surface area contributed by atoms with Gasteiger partial charge in [-0.25, -0.2) is 0 Å². The van der Waals surface area contributed by atoms with Crippen LogP contribution in [0.1, 0.15) is 30.4 Å². The first-order valence-electron chi connectivity index (χ1n) is 6.01. The van der Waals surface area contributed by atoms with Crippen molar-refractivity contribution in [1.29, 1.82) is 0 Å². The summed E-state index contributed by atoms with van der Waals surface area (Å²) in [5.74, 6) is 0.200. The van der Waals surface area contributed by atoms with E-state index in [1.807, 2.05) is 32.0 Å². The monoisotopic (exact) mass is 247 g/mol. The molecule has 0 saturated carbocycles. The summed E-state index contributed by atoms with van der Waals surface area (Å²) < 4.78 is 5.21. The summed E-state index contributed by atoms with van der Waals surface area (Å²) in [5.41, 5.74) is 2.03. The van der Waals surface area contributed by atoms with Crippen LogP contribution in [-0.4, -0.2) is 18.9 Å². The van der Waals surface area contributed by atoms with Gasteiger partial charge in [-0.05, 0) is 24.1 Å². The number of aryl methyl sites for hydroxylation is 1. The van der Waals surface area contributed by atoms with Crippen LogP contribution in [0.15, 0.2) is 18.2 Å². The van der Waals surface area contributed by atoms with E-state index >= 15 is 0 Å². The largest absolute Gasteiger partial charge is 0.496 e. The van der Waals surface area contributed by atoms with Crippen molar-refractivity contribution in [3.63, 3.8) is 0 Å². The Bertz CT molecular complexity index is 496. The number of imide groups is 1. The van der Waals surface area contributed by atoms with Crippen molar-refractivity contribution in [2.24, 2.45) is 5.92 Å². The van der Waals surface area contributed by atoms with Crippen LogP contribution < -0.4 is 10.1 Å². The van der Waals surface area contributed by atoms with E-state index < -0.39 is 0 Å². The van der Waals surface area contributed by atoms with Crippen LogP contribution in [0.25, 0.3) is 0 Å². The van der Waals surface area contributed by atoms with Crippen molar-refractivity contribution >= 4 is 11.8 Å². The number of rotatable bonds is 2. The summed E-state index contributed by atoms with van der Waals surface area (Å²) in [6.07, 6.45) is 0.360. The molecule has 4 heteroatoms. The van der Waals surface area contributed by atoms with E-state index in [1.165, 1.54) is 0 Å². The number of amides is 2. The van der Waals surface area contributed by atoms with Gasteiger partial charge in [-0.1, -0.05) is 19.1 Å². The molecule has 0 aliphatic carbocycles. The lowest BCUT2D eigenvalue weighted by Crippen LogP contribution is -2.43. The number of methoxy groups -OCH3 is 1. The molecule has 1 N–H and O–H groups in total. The predicted molar refractivity (Wildman–Crippen MR) is 67.4 cm³/mol. The lowest BCUT2D eigenvalue weighted by molar-refractivity contribution is -0.136. The van der Waals surface area contributed by atoms with E-state index in [2.05, 4.69) is 5.32 Å². The molecule has 2 rings (SSSR count). The molecular formula is C14H17NO3. The molecule has 1 fully saturated rings. The normalized spacial score (nSPS) is 23.7. The number of nitrogens with one attached hydrogen (secondary N) is 1. The van der Waals surface area contributed by atoms with Crippen molar-refractivity contribution in [3.05, 3.63) is 29.3 Å². The Labute approximate surface area is 106 Å². The molecule has 1 aliphatic heterocycles. The first kappa shape index (κ1) is 12.6. The van der Waals surface area contributed by atoms with Gasteiger partial charge < -0.3 is 4.74 Å². The molecule has 1 aromatic rings. The highest BCUT2D eigenvalue weighted by molar-refractivity contribution is 5.99. The Kier molecular flexibility index (Phi) is 3.36. The molecule has 2 atom stereocenters. The molecule has 96 valence electrons. The summed E-state index contributed by atoms with van der Waals surface area (Å²) in [7, 11) is 1.63. The van der Waals surface area contributed by atoms with Gasteiger partial charge in [-0.15, -0.1) is 0 Å². The Morgan fingerprint density at radius 2 is 2.06 bits per heavy atom. The lowest BCUT2D eigenvalue weighted by Gasteiger charge is -2.28. The number of piperidine rings is 1. The average Bonchev–Trinajstić information content (AvgIpc) is 2.33. The summed E-state index contributed by atoms with van der Waals surface area (Å²) in [6, 6.07) is 5.80. The Balaban J connectivity index is 2.32. The molecule has 1 aliphatic rings. The zero-order chi connectivity index (χ0) is 13.3. The van der Waals surface area contributed by atoms with Crippen LogP contribution >= 0.6 is 0 Å². The maximum Gasteiger partial charge on any atom is 0.230 e. The quantitative estimate of drug-likeness (QED) is 0.810. The minimum absolute atomic E-state index is 0.0455. The molecule has 1 aromatic carbocycles. The molecule has 1 heterocycles. The predicted octanol–water partition coefficient (Wildman–Crippen LogP) is 1.77. The van der Waals surface area contributed by atoms with Crippen molar-refractivity contribution in [2.45, 2.75) is 26.2 Å². The second-order valence-corrected chi connectivity index (χ2v) is 4.74. The molecule has 0 aromatic heterocycles. The summed E-state index contributed by atoms with van der Waals surface area (Å²) in [6.45, 7) is 3.81. The smallest absolute Gasteiger partial charge is 0.230 e. The Hall–Kier alpha value is -1.84. The van der Waals surface area contributed by atoms with E-state index in [-0.39, 0.29) is 23.7 Å². The zero-order valence-electron chi connectivity index (χ0n) is 10.8. The molecular weight excluding hydrogens is 230 g/mol.